The predicted octanol–water partition coefficient (Wildman–Crippen LogP) is 1.70. The highest BCUT2D eigenvalue weighted by Gasteiger charge is 2.38. The highest BCUT2D eigenvalue weighted by molar-refractivity contribution is 7.89. The Kier molecular flexibility index (Phi) is 5.30. The van der Waals surface area contributed by atoms with Gasteiger partial charge in [0.15, 0.2) is 0 Å². The fraction of sp³-hybridized carbons (Fsp3) is 0.571. The van der Waals surface area contributed by atoms with Gasteiger partial charge < -0.3 is 5.32 Å². The van der Waals surface area contributed by atoms with Crippen molar-refractivity contribution in [1.29, 1.82) is 0 Å². The summed E-state index contributed by atoms with van der Waals surface area (Å²) in [5.74, 6) is 0.336. The van der Waals surface area contributed by atoms with Crippen LogP contribution in [0.3, 0.4) is 0 Å². The summed E-state index contributed by atoms with van der Waals surface area (Å²) in [6, 6.07) is 4.40. The molecule has 9 heteroatoms. The third kappa shape index (κ3) is 3.35. The van der Waals surface area contributed by atoms with Crippen molar-refractivity contribution in [3.63, 3.8) is 0 Å². The maximum Gasteiger partial charge on any atom is 0.270 e. The molecular weight excluding hydrogens is 342 g/mol. The number of aryl methyl sites for hydroxylation is 1. The smallest absolute Gasteiger partial charge is 0.270 e. The molecule has 128 valence electrons. The van der Waals surface area contributed by atoms with Crippen LogP contribution in [0.1, 0.15) is 18.4 Å². The van der Waals surface area contributed by atoms with E-state index in [0.29, 0.717) is 30.6 Å². The van der Waals surface area contributed by atoms with Crippen LogP contribution in [0.5, 0.6) is 0 Å². The summed E-state index contributed by atoms with van der Waals surface area (Å²) in [5, 5.41) is 14.3. The zero-order valence-electron chi connectivity index (χ0n) is 12.8. The largest absolute Gasteiger partial charge is 0.314 e. The zero-order chi connectivity index (χ0) is 15.9. The van der Waals surface area contributed by atoms with Crippen LogP contribution in [-0.4, -0.2) is 43.3 Å². The summed E-state index contributed by atoms with van der Waals surface area (Å²) >= 11 is 0. The van der Waals surface area contributed by atoms with Gasteiger partial charge in [0.25, 0.3) is 5.69 Å². The summed E-state index contributed by atoms with van der Waals surface area (Å²) in [6.45, 7) is 3.54. The van der Waals surface area contributed by atoms with Gasteiger partial charge in [0, 0.05) is 31.3 Å². The molecule has 7 nitrogen and oxygen atoms in total. The quantitative estimate of drug-likeness (QED) is 0.653. The Hall–Kier alpha value is -1.22. The Morgan fingerprint density at radius 1 is 1.35 bits per heavy atom. The van der Waals surface area contributed by atoms with E-state index >= 15 is 0 Å². The number of nitro groups is 1. The average molecular weight is 362 g/mol. The highest BCUT2D eigenvalue weighted by atomic mass is 35.5. The number of benzene rings is 1. The van der Waals surface area contributed by atoms with E-state index in [1.54, 1.807) is 6.92 Å². The maximum atomic E-state index is 12.9. The summed E-state index contributed by atoms with van der Waals surface area (Å²) in [5.41, 5.74) is 0.346. The minimum Gasteiger partial charge on any atom is -0.314 e. The molecule has 2 fully saturated rings. The number of nitro benzene ring substituents is 1. The number of nitrogens with one attached hydrogen (secondary N) is 1. The van der Waals surface area contributed by atoms with E-state index in [1.165, 1.54) is 22.5 Å². The van der Waals surface area contributed by atoms with Crippen LogP contribution in [0.2, 0.25) is 0 Å². The third-order valence-corrected chi connectivity index (χ3v) is 6.63. The molecule has 0 bridgehead atoms. The molecular formula is C14H20ClN3O4S. The molecule has 2 heterocycles. The number of rotatable bonds is 3. The van der Waals surface area contributed by atoms with Gasteiger partial charge >= 0.3 is 0 Å². The Labute approximate surface area is 141 Å². The molecule has 2 aliphatic rings. The van der Waals surface area contributed by atoms with Crippen molar-refractivity contribution in [2.45, 2.75) is 30.7 Å². The van der Waals surface area contributed by atoms with Crippen LogP contribution in [-0.2, 0) is 10.0 Å². The molecule has 3 rings (SSSR count). The van der Waals surface area contributed by atoms with Gasteiger partial charge in [-0.15, -0.1) is 12.4 Å². The van der Waals surface area contributed by atoms with Crippen LogP contribution < -0.4 is 5.32 Å². The van der Waals surface area contributed by atoms with Crippen LogP contribution in [0.25, 0.3) is 0 Å². The van der Waals surface area contributed by atoms with Gasteiger partial charge in [-0.3, -0.25) is 10.1 Å². The Bertz CT molecular complexity index is 710. The first-order valence-corrected chi connectivity index (χ1v) is 8.82. The van der Waals surface area contributed by atoms with E-state index in [0.717, 1.165) is 19.4 Å². The summed E-state index contributed by atoms with van der Waals surface area (Å²) in [7, 11) is -3.69. The molecule has 0 saturated carbocycles. The van der Waals surface area contributed by atoms with Crippen molar-refractivity contribution >= 4 is 28.1 Å². The van der Waals surface area contributed by atoms with Crippen LogP contribution in [0, 0.1) is 23.0 Å². The Morgan fingerprint density at radius 3 is 2.78 bits per heavy atom. The van der Waals surface area contributed by atoms with E-state index < -0.39 is 14.9 Å². The first-order valence-electron chi connectivity index (χ1n) is 7.38. The molecule has 23 heavy (non-hydrogen) atoms. The van der Waals surface area contributed by atoms with Crippen molar-refractivity contribution in [2.75, 3.05) is 19.6 Å². The first-order chi connectivity index (χ1) is 10.4. The van der Waals surface area contributed by atoms with Crippen LogP contribution >= 0.6 is 12.4 Å². The molecule has 0 aromatic heterocycles. The van der Waals surface area contributed by atoms with E-state index in [9.17, 15) is 18.5 Å². The number of sulfonamides is 1. The van der Waals surface area contributed by atoms with Gasteiger partial charge in [0.1, 0.15) is 0 Å². The van der Waals surface area contributed by atoms with E-state index in [1.807, 2.05) is 0 Å². The molecule has 2 aliphatic heterocycles. The number of halogens is 1. The first kappa shape index (κ1) is 18.1. The maximum absolute atomic E-state index is 12.9. The second kappa shape index (κ2) is 6.72. The lowest BCUT2D eigenvalue weighted by Gasteiger charge is -2.34. The number of piperidine rings is 1. The van der Waals surface area contributed by atoms with Gasteiger partial charge in [0.2, 0.25) is 10.0 Å². The summed E-state index contributed by atoms with van der Waals surface area (Å²) < 4.78 is 27.2. The van der Waals surface area contributed by atoms with Gasteiger partial charge in [-0.2, -0.15) is 4.31 Å². The van der Waals surface area contributed by atoms with Crippen LogP contribution in [0.4, 0.5) is 5.69 Å². The molecule has 1 aromatic carbocycles. The Morgan fingerprint density at radius 2 is 2.09 bits per heavy atom. The summed E-state index contributed by atoms with van der Waals surface area (Å²) in [4.78, 5) is 10.4. The molecule has 1 aromatic rings. The van der Waals surface area contributed by atoms with Crippen molar-refractivity contribution in [3.8, 4) is 0 Å². The van der Waals surface area contributed by atoms with Gasteiger partial charge in [-0.1, -0.05) is 6.07 Å². The summed E-state index contributed by atoms with van der Waals surface area (Å²) in [6.07, 6.45) is 1.77. The topological polar surface area (TPSA) is 92.5 Å². The molecule has 0 aliphatic carbocycles. The Balaban J connectivity index is 0.00000192. The standard InChI is InChI=1S/C14H19N3O4S.ClH/c1-10-2-3-12(17(18)19)8-14(10)22(20,21)16-7-5-13-11(9-16)4-6-15-13;/h2-3,8,11,13,15H,4-7,9H2,1H3;1H. The second-order valence-electron chi connectivity index (χ2n) is 5.97. The monoisotopic (exact) mass is 361 g/mol. The number of fused-ring (bicyclic) bond motifs is 1. The zero-order valence-corrected chi connectivity index (χ0v) is 14.4. The molecule has 0 amide bonds. The van der Waals surface area contributed by atoms with Crippen molar-refractivity contribution in [1.82, 2.24) is 9.62 Å². The van der Waals surface area contributed by atoms with Crippen molar-refractivity contribution in [2.24, 2.45) is 5.92 Å². The van der Waals surface area contributed by atoms with Gasteiger partial charge in [-0.25, -0.2) is 8.42 Å². The molecule has 2 saturated heterocycles. The highest BCUT2D eigenvalue weighted by Crippen LogP contribution is 2.30. The lowest BCUT2D eigenvalue weighted by Crippen LogP contribution is -2.46. The molecule has 2 atom stereocenters. The minimum absolute atomic E-state index is 0. The molecule has 0 spiro atoms. The third-order valence-electron chi connectivity index (χ3n) is 4.62. The lowest BCUT2D eigenvalue weighted by molar-refractivity contribution is -0.385. The number of nitrogens with zero attached hydrogens (tertiary/aromatic N) is 2. The number of non-ortho nitro benzene ring substituents is 1. The van der Waals surface area contributed by atoms with E-state index in [4.69, 9.17) is 0 Å². The van der Waals surface area contributed by atoms with E-state index in [2.05, 4.69) is 5.32 Å². The predicted molar refractivity (Wildman–Crippen MR) is 88.4 cm³/mol. The normalized spacial score (nSPS) is 24.7. The molecule has 0 radical (unpaired) electrons. The average Bonchev–Trinajstić information content (AvgIpc) is 2.94. The lowest BCUT2D eigenvalue weighted by atomic mass is 9.95. The number of hydrogen-bond acceptors (Lipinski definition) is 5. The van der Waals surface area contributed by atoms with E-state index in [-0.39, 0.29) is 23.0 Å². The fourth-order valence-corrected chi connectivity index (χ4v) is 5.11. The molecule has 1 N–H and O–H groups in total. The van der Waals surface area contributed by atoms with Crippen molar-refractivity contribution in [3.05, 3.63) is 33.9 Å². The molecule has 2 unspecified atom stereocenters. The van der Waals surface area contributed by atoms with Crippen molar-refractivity contribution < 1.29 is 13.3 Å². The van der Waals surface area contributed by atoms with Gasteiger partial charge in [-0.05, 0) is 37.8 Å². The number of hydrogen-bond donors (Lipinski definition) is 1. The van der Waals surface area contributed by atoms with Crippen LogP contribution in [0.15, 0.2) is 23.1 Å². The fourth-order valence-electron chi connectivity index (χ4n) is 3.35. The van der Waals surface area contributed by atoms with Gasteiger partial charge in [0.05, 0.1) is 9.82 Å². The minimum atomic E-state index is -3.69. The second-order valence-corrected chi connectivity index (χ2v) is 7.87. The SMILES string of the molecule is Cc1ccc([N+](=O)[O-])cc1S(=O)(=O)N1CCC2NCCC2C1.Cl.